The third kappa shape index (κ3) is 4.02. The van der Waals surface area contributed by atoms with Gasteiger partial charge in [0.15, 0.2) is 0 Å². The van der Waals surface area contributed by atoms with Crippen molar-refractivity contribution >= 4 is 41.0 Å². The molecule has 0 radical (unpaired) electrons. The summed E-state index contributed by atoms with van der Waals surface area (Å²) in [7, 11) is 0. The number of furan rings is 1. The maximum Gasteiger partial charge on any atom is 0.273 e. The second-order valence-electron chi connectivity index (χ2n) is 5.11. The van der Waals surface area contributed by atoms with E-state index in [1.165, 1.54) is 6.21 Å². The van der Waals surface area contributed by atoms with Crippen molar-refractivity contribution in [1.29, 1.82) is 0 Å². The van der Waals surface area contributed by atoms with Crippen molar-refractivity contribution < 1.29 is 9.21 Å². The van der Waals surface area contributed by atoms with E-state index in [-0.39, 0.29) is 0 Å². The third-order valence-electron chi connectivity index (χ3n) is 3.38. The third-order valence-corrected chi connectivity index (χ3v) is 3.95. The number of hydrogen-bond donors (Lipinski definition) is 2. The minimum atomic E-state index is -0.404. The first-order chi connectivity index (χ1) is 12.0. The van der Waals surface area contributed by atoms with Gasteiger partial charge in [0, 0.05) is 16.3 Å². The number of anilines is 1. The van der Waals surface area contributed by atoms with E-state index in [9.17, 15) is 4.79 Å². The molecule has 5 nitrogen and oxygen atoms in total. The molecule has 126 valence electrons. The molecule has 0 aliphatic rings. The van der Waals surface area contributed by atoms with Crippen molar-refractivity contribution in [2.24, 2.45) is 5.10 Å². The minimum Gasteiger partial charge on any atom is -0.455 e. The standard InChI is InChI=1S/C18H13Cl2N3O2/c19-11-5-7-15(20)14(9-11)17-8-6-12(25-17)10-22-23-18(24)13-3-1-2-4-16(13)21/h1-10H,21H2,(H,23,24)/b22-10-. The molecule has 1 amide bonds. The summed E-state index contributed by atoms with van der Waals surface area (Å²) in [5.41, 5.74) is 9.55. The monoisotopic (exact) mass is 373 g/mol. The summed E-state index contributed by atoms with van der Waals surface area (Å²) in [5.74, 6) is 0.596. The second-order valence-corrected chi connectivity index (χ2v) is 5.96. The van der Waals surface area contributed by atoms with Crippen LogP contribution < -0.4 is 11.2 Å². The van der Waals surface area contributed by atoms with E-state index >= 15 is 0 Å². The molecule has 0 atom stereocenters. The van der Waals surface area contributed by atoms with Gasteiger partial charge in [-0.1, -0.05) is 35.3 Å². The predicted octanol–water partition coefficient (Wildman–Crippen LogP) is 4.60. The topological polar surface area (TPSA) is 80.6 Å². The zero-order chi connectivity index (χ0) is 17.8. The minimum absolute atomic E-state index is 0.352. The molecule has 0 fully saturated rings. The van der Waals surface area contributed by atoms with Gasteiger partial charge in [0.25, 0.3) is 5.91 Å². The Morgan fingerprint density at radius 1 is 1.12 bits per heavy atom. The average molecular weight is 374 g/mol. The molecule has 25 heavy (non-hydrogen) atoms. The molecule has 3 aromatic rings. The van der Waals surface area contributed by atoms with E-state index in [2.05, 4.69) is 10.5 Å². The molecule has 3 rings (SSSR count). The number of amides is 1. The Hall–Kier alpha value is -2.76. The molecule has 0 spiro atoms. The first-order valence-electron chi connectivity index (χ1n) is 7.28. The number of carbonyl (C=O) groups excluding carboxylic acids is 1. The number of hydrazone groups is 1. The van der Waals surface area contributed by atoms with Crippen LogP contribution in [0, 0.1) is 0 Å². The number of para-hydroxylation sites is 1. The molecule has 0 unspecified atom stereocenters. The molecule has 2 aromatic carbocycles. The lowest BCUT2D eigenvalue weighted by molar-refractivity contribution is 0.0956. The number of nitrogens with zero attached hydrogens (tertiary/aromatic N) is 1. The van der Waals surface area contributed by atoms with Crippen molar-refractivity contribution in [2.75, 3.05) is 5.73 Å². The number of rotatable bonds is 4. The van der Waals surface area contributed by atoms with Gasteiger partial charge in [-0.25, -0.2) is 5.43 Å². The molecule has 0 saturated carbocycles. The summed E-state index contributed by atoms with van der Waals surface area (Å²) < 4.78 is 5.65. The van der Waals surface area contributed by atoms with Crippen LogP contribution in [-0.4, -0.2) is 12.1 Å². The van der Waals surface area contributed by atoms with Crippen LogP contribution in [0.25, 0.3) is 11.3 Å². The van der Waals surface area contributed by atoms with Crippen LogP contribution in [0.15, 0.2) is 64.1 Å². The smallest absolute Gasteiger partial charge is 0.273 e. The maximum atomic E-state index is 12.0. The van der Waals surface area contributed by atoms with Crippen LogP contribution in [0.3, 0.4) is 0 Å². The highest BCUT2D eigenvalue weighted by molar-refractivity contribution is 6.35. The Morgan fingerprint density at radius 2 is 1.92 bits per heavy atom. The van der Waals surface area contributed by atoms with Crippen LogP contribution in [0.1, 0.15) is 16.1 Å². The predicted molar refractivity (Wildman–Crippen MR) is 100 cm³/mol. The van der Waals surface area contributed by atoms with Crippen LogP contribution in [-0.2, 0) is 0 Å². The zero-order valence-electron chi connectivity index (χ0n) is 12.9. The molecular formula is C18H13Cl2N3O2. The molecule has 0 saturated heterocycles. The first kappa shape index (κ1) is 17.1. The Bertz CT molecular complexity index is 951. The number of nitrogen functional groups attached to an aromatic ring is 1. The number of carbonyl (C=O) groups is 1. The summed E-state index contributed by atoms with van der Waals surface area (Å²) in [5, 5.41) is 4.95. The van der Waals surface area contributed by atoms with Gasteiger partial charge in [-0.15, -0.1) is 0 Å². The van der Waals surface area contributed by atoms with Crippen LogP contribution in [0.5, 0.6) is 0 Å². The molecule has 0 bridgehead atoms. The quantitative estimate of drug-likeness (QED) is 0.398. The van der Waals surface area contributed by atoms with E-state index in [1.807, 2.05) is 0 Å². The number of halogens is 2. The summed E-state index contributed by atoms with van der Waals surface area (Å²) in [6.07, 6.45) is 1.39. The van der Waals surface area contributed by atoms with Gasteiger partial charge in [-0.2, -0.15) is 5.10 Å². The highest BCUT2D eigenvalue weighted by Crippen LogP contribution is 2.31. The first-order valence-corrected chi connectivity index (χ1v) is 8.03. The lowest BCUT2D eigenvalue weighted by Gasteiger charge is -2.02. The van der Waals surface area contributed by atoms with Gasteiger partial charge in [0.2, 0.25) is 0 Å². The van der Waals surface area contributed by atoms with E-state index in [0.717, 1.165) is 0 Å². The fraction of sp³-hybridized carbons (Fsp3) is 0. The van der Waals surface area contributed by atoms with Gasteiger partial charge in [-0.05, 0) is 42.5 Å². The summed E-state index contributed by atoms with van der Waals surface area (Å²) in [4.78, 5) is 12.0. The summed E-state index contributed by atoms with van der Waals surface area (Å²) in [6, 6.07) is 15.3. The normalized spacial score (nSPS) is 11.0. The Labute approximate surface area is 154 Å². The van der Waals surface area contributed by atoms with E-state index < -0.39 is 5.91 Å². The fourth-order valence-corrected chi connectivity index (χ4v) is 2.55. The second kappa shape index (κ2) is 7.42. The number of nitrogens with one attached hydrogen (secondary N) is 1. The van der Waals surface area contributed by atoms with E-state index in [4.69, 9.17) is 33.4 Å². The number of benzene rings is 2. The molecule has 0 aliphatic carbocycles. The van der Waals surface area contributed by atoms with Crippen LogP contribution >= 0.6 is 23.2 Å². The van der Waals surface area contributed by atoms with Crippen LogP contribution in [0.4, 0.5) is 5.69 Å². The van der Waals surface area contributed by atoms with Gasteiger partial charge < -0.3 is 10.2 Å². The Balaban J connectivity index is 1.71. The van der Waals surface area contributed by atoms with Crippen molar-refractivity contribution in [3.8, 4) is 11.3 Å². The van der Waals surface area contributed by atoms with Gasteiger partial charge in [0.05, 0.1) is 16.8 Å². The Kier molecular flexibility index (Phi) is 5.07. The number of hydrogen-bond acceptors (Lipinski definition) is 4. The molecule has 0 aliphatic heterocycles. The molecule has 3 N–H and O–H groups in total. The Morgan fingerprint density at radius 3 is 2.72 bits per heavy atom. The summed E-state index contributed by atoms with van der Waals surface area (Å²) in [6.45, 7) is 0. The number of nitrogens with two attached hydrogens (primary N) is 1. The highest BCUT2D eigenvalue weighted by atomic mass is 35.5. The van der Waals surface area contributed by atoms with Gasteiger partial charge >= 0.3 is 0 Å². The average Bonchev–Trinajstić information content (AvgIpc) is 3.06. The lowest BCUT2D eigenvalue weighted by Crippen LogP contribution is -2.18. The van der Waals surface area contributed by atoms with Gasteiger partial charge in [0.1, 0.15) is 11.5 Å². The maximum absolute atomic E-state index is 12.0. The highest BCUT2D eigenvalue weighted by Gasteiger charge is 2.10. The van der Waals surface area contributed by atoms with E-state index in [0.29, 0.717) is 38.4 Å². The zero-order valence-corrected chi connectivity index (χ0v) is 14.4. The molecule has 1 aromatic heterocycles. The summed E-state index contributed by atoms with van der Waals surface area (Å²) >= 11 is 12.1. The molecule has 1 heterocycles. The van der Waals surface area contributed by atoms with Crippen molar-refractivity contribution in [3.05, 3.63) is 76.0 Å². The molecular weight excluding hydrogens is 361 g/mol. The van der Waals surface area contributed by atoms with Crippen molar-refractivity contribution in [1.82, 2.24) is 5.43 Å². The van der Waals surface area contributed by atoms with E-state index in [1.54, 1.807) is 54.6 Å². The fourth-order valence-electron chi connectivity index (χ4n) is 2.17. The van der Waals surface area contributed by atoms with Crippen molar-refractivity contribution in [2.45, 2.75) is 0 Å². The largest absolute Gasteiger partial charge is 0.455 e. The van der Waals surface area contributed by atoms with Crippen molar-refractivity contribution in [3.63, 3.8) is 0 Å². The molecule has 7 heteroatoms. The SMILES string of the molecule is Nc1ccccc1C(=O)N/N=C\c1ccc(-c2cc(Cl)ccc2Cl)o1. The lowest BCUT2D eigenvalue weighted by atomic mass is 10.2. The van der Waals surface area contributed by atoms with Crippen LogP contribution in [0.2, 0.25) is 10.0 Å². The van der Waals surface area contributed by atoms with Gasteiger partial charge in [-0.3, -0.25) is 4.79 Å².